The van der Waals surface area contributed by atoms with Gasteiger partial charge in [0.15, 0.2) is 0 Å². The van der Waals surface area contributed by atoms with Crippen LogP contribution in [0.1, 0.15) is 25.8 Å². The van der Waals surface area contributed by atoms with E-state index < -0.39 is 22.2 Å². The third-order valence-corrected chi connectivity index (χ3v) is 7.11. The number of piperidine rings is 2. The summed E-state index contributed by atoms with van der Waals surface area (Å²) in [5, 5.41) is 7.45. The van der Waals surface area contributed by atoms with Gasteiger partial charge in [0.1, 0.15) is 11.8 Å². The van der Waals surface area contributed by atoms with Crippen molar-refractivity contribution in [3.05, 3.63) is 18.5 Å². The average molecular weight is 411 g/mol. The van der Waals surface area contributed by atoms with Crippen molar-refractivity contribution in [3.63, 3.8) is 0 Å². The van der Waals surface area contributed by atoms with E-state index in [1.54, 1.807) is 6.20 Å². The SMILES string of the molecule is C[C@@H]1CNCC[C@H]1n1ccc2cnc(N[C@@H]3CCN(S(C)(=O)=O)C[C@H]3F)nc21. The molecule has 2 saturated heterocycles. The van der Waals surface area contributed by atoms with Gasteiger partial charge in [-0.3, -0.25) is 0 Å². The van der Waals surface area contributed by atoms with Gasteiger partial charge in [0.25, 0.3) is 0 Å². The van der Waals surface area contributed by atoms with Crippen LogP contribution in [0.3, 0.4) is 0 Å². The molecular weight excluding hydrogens is 383 g/mol. The average Bonchev–Trinajstić information content (AvgIpc) is 3.06. The highest BCUT2D eigenvalue weighted by Crippen LogP contribution is 2.29. The lowest BCUT2D eigenvalue weighted by molar-refractivity contribution is 0.186. The number of hydrogen-bond donors (Lipinski definition) is 2. The maximum atomic E-state index is 14.6. The molecule has 2 fully saturated rings. The molecule has 2 aliphatic heterocycles. The number of nitrogens with zero attached hydrogens (tertiary/aromatic N) is 4. The normalized spacial score (nSPS) is 29.8. The lowest BCUT2D eigenvalue weighted by atomic mass is 9.95. The number of anilines is 1. The molecule has 0 radical (unpaired) electrons. The van der Waals surface area contributed by atoms with Gasteiger partial charge in [-0.2, -0.15) is 9.29 Å². The molecule has 0 bridgehead atoms. The molecule has 4 heterocycles. The van der Waals surface area contributed by atoms with Crippen LogP contribution in [-0.4, -0.2) is 71.9 Å². The fourth-order valence-corrected chi connectivity index (χ4v) is 5.05. The first kappa shape index (κ1) is 19.5. The Balaban J connectivity index is 1.53. The first-order valence-electron chi connectivity index (χ1n) is 9.73. The lowest BCUT2D eigenvalue weighted by Gasteiger charge is -2.33. The summed E-state index contributed by atoms with van der Waals surface area (Å²) in [4.78, 5) is 9.00. The predicted octanol–water partition coefficient (Wildman–Crippen LogP) is 1.39. The van der Waals surface area contributed by atoms with E-state index in [9.17, 15) is 12.8 Å². The molecule has 2 N–H and O–H groups in total. The molecule has 2 aromatic heterocycles. The summed E-state index contributed by atoms with van der Waals surface area (Å²) in [5.74, 6) is 0.876. The standard InChI is InChI=1S/C18H27FN6O2S/c1-12-9-20-6-3-16(12)25-8-4-13-10-21-18(23-17(13)25)22-15-5-7-24(11-14(15)19)28(2,26)27/h4,8,10,12,14-16,20H,3,5-7,9,11H2,1-2H3,(H,21,22,23)/t12-,14-,15-,16-/m1/s1. The van der Waals surface area contributed by atoms with Crippen molar-refractivity contribution >= 4 is 27.0 Å². The molecule has 0 saturated carbocycles. The maximum Gasteiger partial charge on any atom is 0.224 e. The maximum absolute atomic E-state index is 14.6. The molecule has 8 nitrogen and oxygen atoms in total. The number of sulfonamides is 1. The second-order valence-corrected chi connectivity index (χ2v) is 9.89. The third kappa shape index (κ3) is 3.85. The second-order valence-electron chi connectivity index (χ2n) is 7.91. The molecule has 0 spiro atoms. The second kappa shape index (κ2) is 7.57. The van der Waals surface area contributed by atoms with E-state index >= 15 is 0 Å². The van der Waals surface area contributed by atoms with Crippen molar-refractivity contribution in [2.75, 3.05) is 37.8 Å². The van der Waals surface area contributed by atoms with Gasteiger partial charge in [-0.15, -0.1) is 0 Å². The van der Waals surface area contributed by atoms with Gasteiger partial charge in [-0.25, -0.2) is 17.8 Å². The van der Waals surface area contributed by atoms with E-state index in [0.29, 0.717) is 30.9 Å². The molecule has 0 unspecified atom stereocenters. The Morgan fingerprint density at radius 1 is 1.36 bits per heavy atom. The molecule has 0 aromatic carbocycles. The van der Waals surface area contributed by atoms with E-state index in [4.69, 9.17) is 0 Å². The topological polar surface area (TPSA) is 92.2 Å². The van der Waals surface area contributed by atoms with Gasteiger partial charge >= 0.3 is 0 Å². The summed E-state index contributed by atoms with van der Waals surface area (Å²) >= 11 is 0. The molecule has 2 aliphatic rings. The molecule has 4 rings (SSSR count). The van der Waals surface area contributed by atoms with Crippen LogP contribution in [0.5, 0.6) is 0 Å². The van der Waals surface area contributed by atoms with E-state index in [-0.39, 0.29) is 6.54 Å². The zero-order valence-electron chi connectivity index (χ0n) is 16.2. The monoisotopic (exact) mass is 410 g/mol. The van der Waals surface area contributed by atoms with Crippen molar-refractivity contribution in [1.82, 2.24) is 24.2 Å². The number of rotatable bonds is 4. The highest BCUT2D eigenvalue weighted by Gasteiger charge is 2.33. The largest absolute Gasteiger partial charge is 0.348 e. The van der Waals surface area contributed by atoms with Crippen molar-refractivity contribution in [2.24, 2.45) is 5.92 Å². The quantitative estimate of drug-likeness (QED) is 0.791. The number of alkyl halides is 1. The molecule has 0 aliphatic carbocycles. The molecular formula is C18H27FN6O2S. The van der Waals surface area contributed by atoms with E-state index in [2.05, 4.69) is 38.3 Å². The van der Waals surface area contributed by atoms with Crippen molar-refractivity contribution < 1.29 is 12.8 Å². The van der Waals surface area contributed by atoms with E-state index in [1.165, 1.54) is 4.31 Å². The Kier molecular flexibility index (Phi) is 5.28. The molecule has 0 amide bonds. The number of fused-ring (bicyclic) bond motifs is 1. The van der Waals surface area contributed by atoms with Crippen LogP contribution < -0.4 is 10.6 Å². The molecule has 154 valence electrons. The number of hydrogen-bond acceptors (Lipinski definition) is 6. The lowest BCUT2D eigenvalue weighted by Crippen LogP contribution is -2.49. The minimum atomic E-state index is -3.37. The summed E-state index contributed by atoms with van der Waals surface area (Å²) < 4.78 is 41.2. The summed E-state index contributed by atoms with van der Waals surface area (Å²) in [6.07, 6.45) is 5.03. The van der Waals surface area contributed by atoms with Crippen molar-refractivity contribution in [2.45, 2.75) is 38.0 Å². The van der Waals surface area contributed by atoms with Gasteiger partial charge in [0, 0.05) is 36.9 Å². The number of halogens is 1. The van der Waals surface area contributed by atoms with Crippen LogP contribution in [0.25, 0.3) is 11.0 Å². The van der Waals surface area contributed by atoms with Crippen molar-refractivity contribution in [3.8, 4) is 0 Å². The number of nitrogens with one attached hydrogen (secondary N) is 2. The molecule has 4 atom stereocenters. The van der Waals surface area contributed by atoms with Crippen LogP contribution in [0.2, 0.25) is 0 Å². The Morgan fingerprint density at radius 2 is 2.18 bits per heavy atom. The van der Waals surface area contributed by atoms with Crippen LogP contribution in [-0.2, 0) is 10.0 Å². The first-order valence-corrected chi connectivity index (χ1v) is 11.6. The fraction of sp³-hybridized carbons (Fsp3) is 0.667. The van der Waals surface area contributed by atoms with Crippen LogP contribution in [0.15, 0.2) is 18.5 Å². The minimum absolute atomic E-state index is 0.137. The Morgan fingerprint density at radius 3 is 2.89 bits per heavy atom. The summed E-state index contributed by atoms with van der Waals surface area (Å²) in [5.41, 5.74) is 0.847. The first-order chi connectivity index (χ1) is 13.3. The Labute approximate surface area is 164 Å². The van der Waals surface area contributed by atoms with Crippen LogP contribution in [0.4, 0.5) is 10.3 Å². The fourth-order valence-electron chi connectivity index (χ4n) is 4.19. The van der Waals surface area contributed by atoms with Crippen LogP contribution in [0, 0.1) is 5.92 Å². The predicted molar refractivity (Wildman–Crippen MR) is 107 cm³/mol. The van der Waals surface area contributed by atoms with E-state index in [1.807, 2.05) is 6.07 Å². The molecule has 10 heteroatoms. The van der Waals surface area contributed by atoms with E-state index in [0.717, 1.165) is 36.8 Å². The van der Waals surface area contributed by atoms with Gasteiger partial charge in [-0.05, 0) is 37.9 Å². The van der Waals surface area contributed by atoms with Crippen molar-refractivity contribution in [1.29, 1.82) is 0 Å². The smallest absolute Gasteiger partial charge is 0.224 e. The summed E-state index contributed by atoms with van der Waals surface area (Å²) in [6, 6.07) is 1.88. The van der Waals surface area contributed by atoms with Gasteiger partial charge < -0.3 is 15.2 Å². The zero-order valence-corrected chi connectivity index (χ0v) is 17.0. The van der Waals surface area contributed by atoms with Crippen LogP contribution >= 0.6 is 0 Å². The summed E-state index contributed by atoms with van der Waals surface area (Å²) in [6.45, 7) is 4.34. The van der Waals surface area contributed by atoms with Gasteiger partial charge in [0.05, 0.1) is 12.3 Å². The molecule has 28 heavy (non-hydrogen) atoms. The highest BCUT2D eigenvalue weighted by atomic mass is 32.2. The molecule has 2 aromatic rings. The third-order valence-electron chi connectivity index (χ3n) is 5.84. The Hall–Kier alpha value is -1.78. The van der Waals surface area contributed by atoms with Gasteiger partial charge in [-0.1, -0.05) is 6.92 Å². The summed E-state index contributed by atoms with van der Waals surface area (Å²) in [7, 11) is -3.37. The Bertz CT molecular complexity index is 949. The number of aromatic nitrogens is 3. The van der Waals surface area contributed by atoms with Gasteiger partial charge in [0.2, 0.25) is 16.0 Å². The zero-order chi connectivity index (χ0) is 19.9. The minimum Gasteiger partial charge on any atom is -0.348 e. The highest BCUT2D eigenvalue weighted by molar-refractivity contribution is 7.88.